The molecule has 0 spiro atoms. The molecule has 1 aliphatic carbocycles. The van der Waals surface area contributed by atoms with Crippen LogP contribution in [0.5, 0.6) is 0 Å². The van der Waals surface area contributed by atoms with Crippen molar-refractivity contribution < 1.29 is 13.2 Å². The molecule has 0 aromatic carbocycles. The van der Waals surface area contributed by atoms with Gasteiger partial charge < -0.3 is 4.90 Å². The number of nitrogens with zero attached hydrogens (tertiary/aromatic N) is 3. The number of anilines is 1. The van der Waals surface area contributed by atoms with E-state index in [0.29, 0.717) is 44.1 Å². The molecule has 8 heteroatoms. The second-order valence-corrected chi connectivity index (χ2v) is 8.74. The summed E-state index contributed by atoms with van der Waals surface area (Å²) in [6.45, 7) is 1.00. The fourth-order valence-corrected chi connectivity index (χ4v) is 4.02. The van der Waals surface area contributed by atoms with Crippen molar-refractivity contribution in [2.75, 3.05) is 24.7 Å². The second-order valence-electron chi connectivity index (χ2n) is 6.42. The maximum Gasteiger partial charge on any atom is 0.323 e. The summed E-state index contributed by atoms with van der Waals surface area (Å²) >= 11 is 0. The molecule has 0 bridgehead atoms. The number of hydrogen-bond donors (Lipinski definition) is 1. The van der Waals surface area contributed by atoms with Crippen molar-refractivity contribution in [3.63, 3.8) is 0 Å². The SMILES string of the molecule is CS(=O)(=O)C1CCCN(C(=O)Nc2ccc(C3CC3)nn2)CC1. The number of likely N-dealkylation sites (tertiary alicyclic amines) is 1. The molecular weight excluding hydrogens is 316 g/mol. The standard InChI is InChI=1S/C15H22N4O3S/c1-23(21,22)12-3-2-9-19(10-8-12)15(20)16-14-7-6-13(17-18-14)11-4-5-11/h6-7,11-12H,2-5,8-10H2,1H3,(H,16,18,20). The zero-order valence-corrected chi connectivity index (χ0v) is 14.1. The Morgan fingerprint density at radius 3 is 2.57 bits per heavy atom. The first kappa shape index (κ1) is 16.2. The molecule has 23 heavy (non-hydrogen) atoms. The Morgan fingerprint density at radius 1 is 1.17 bits per heavy atom. The highest BCUT2D eigenvalue weighted by Crippen LogP contribution is 2.38. The third-order valence-electron chi connectivity index (χ3n) is 4.48. The predicted octanol–water partition coefficient (Wildman–Crippen LogP) is 1.78. The first-order chi connectivity index (χ1) is 10.9. The van der Waals surface area contributed by atoms with E-state index in [1.807, 2.05) is 6.07 Å². The van der Waals surface area contributed by atoms with Gasteiger partial charge >= 0.3 is 6.03 Å². The number of sulfone groups is 1. The van der Waals surface area contributed by atoms with E-state index in [9.17, 15) is 13.2 Å². The van der Waals surface area contributed by atoms with Crippen LogP contribution >= 0.6 is 0 Å². The Kier molecular flexibility index (Phi) is 4.52. The largest absolute Gasteiger partial charge is 0.324 e. The molecule has 7 nitrogen and oxygen atoms in total. The van der Waals surface area contributed by atoms with E-state index in [-0.39, 0.29) is 11.3 Å². The highest BCUT2D eigenvalue weighted by atomic mass is 32.2. The Balaban J connectivity index is 1.57. The number of rotatable bonds is 3. The van der Waals surface area contributed by atoms with E-state index in [1.54, 1.807) is 11.0 Å². The normalized spacial score (nSPS) is 22.5. The fraction of sp³-hybridized carbons (Fsp3) is 0.667. The summed E-state index contributed by atoms with van der Waals surface area (Å²) in [4.78, 5) is 14.0. The zero-order chi connectivity index (χ0) is 16.4. The minimum atomic E-state index is -3.04. The predicted molar refractivity (Wildman–Crippen MR) is 87.1 cm³/mol. The highest BCUT2D eigenvalue weighted by molar-refractivity contribution is 7.91. The van der Waals surface area contributed by atoms with Crippen molar-refractivity contribution in [1.82, 2.24) is 15.1 Å². The van der Waals surface area contributed by atoms with Crippen LogP contribution in [0.2, 0.25) is 0 Å². The van der Waals surface area contributed by atoms with E-state index >= 15 is 0 Å². The van der Waals surface area contributed by atoms with Gasteiger partial charge in [-0.3, -0.25) is 5.32 Å². The maximum atomic E-state index is 12.3. The lowest BCUT2D eigenvalue weighted by atomic mass is 10.2. The third kappa shape index (κ3) is 4.19. The van der Waals surface area contributed by atoms with Gasteiger partial charge in [-0.05, 0) is 44.2 Å². The minimum absolute atomic E-state index is 0.243. The van der Waals surface area contributed by atoms with Gasteiger partial charge in [-0.1, -0.05) is 0 Å². The summed E-state index contributed by atoms with van der Waals surface area (Å²) in [5, 5.41) is 10.6. The molecule has 2 aliphatic rings. The minimum Gasteiger partial charge on any atom is -0.324 e. The summed E-state index contributed by atoms with van der Waals surface area (Å²) in [5.74, 6) is 0.967. The van der Waals surface area contributed by atoms with Crippen LogP contribution in [-0.4, -0.2) is 54.1 Å². The van der Waals surface area contributed by atoms with E-state index < -0.39 is 9.84 Å². The van der Waals surface area contributed by atoms with Gasteiger partial charge in [0.2, 0.25) is 0 Å². The molecule has 2 amide bonds. The van der Waals surface area contributed by atoms with Gasteiger partial charge in [0.1, 0.15) is 9.84 Å². The summed E-state index contributed by atoms with van der Waals surface area (Å²) in [7, 11) is -3.04. The summed E-state index contributed by atoms with van der Waals surface area (Å²) in [5.41, 5.74) is 0.980. The van der Waals surface area contributed by atoms with Crippen molar-refractivity contribution in [3.8, 4) is 0 Å². The first-order valence-electron chi connectivity index (χ1n) is 8.02. The highest BCUT2D eigenvalue weighted by Gasteiger charge is 2.27. The van der Waals surface area contributed by atoms with Crippen molar-refractivity contribution in [2.24, 2.45) is 0 Å². The Labute approximate surface area is 136 Å². The van der Waals surface area contributed by atoms with Crippen LogP contribution in [0.3, 0.4) is 0 Å². The molecule has 1 N–H and O–H groups in total. The smallest absolute Gasteiger partial charge is 0.323 e. The van der Waals surface area contributed by atoms with Crippen molar-refractivity contribution in [3.05, 3.63) is 17.8 Å². The third-order valence-corrected chi connectivity index (χ3v) is 6.17. The number of hydrogen-bond acceptors (Lipinski definition) is 5. The van der Waals surface area contributed by atoms with E-state index in [0.717, 1.165) is 18.5 Å². The van der Waals surface area contributed by atoms with E-state index in [4.69, 9.17) is 0 Å². The molecule has 3 rings (SSSR count). The molecule has 1 aromatic rings. The van der Waals surface area contributed by atoms with E-state index in [2.05, 4.69) is 15.5 Å². The number of nitrogens with one attached hydrogen (secondary N) is 1. The van der Waals surface area contributed by atoms with Crippen molar-refractivity contribution in [1.29, 1.82) is 0 Å². The lowest BCUT2D eigenvalue weighted by Gasteiger charge is -2.20. The van der Waals surface area contributed by atoms with Gasteiger partial charge in [-0.2, -0.15) is 5.10 Å². The Morgan fingerprint density at radius 2 is 1.96 bits per heavy atom. The monoisotopic (exact) mass is 338 g/mol. The van der Waals surface area contributed by atoms with Gasteiger partial charge in [0.15, 0.2) is 5.82 Å². The number of urea groups is 1. The Bertz CT molecular complexity index is 670. The Hall–Kier alpha value is -1.70. The fourth-order valence-electron chi connectivity index (χ4n) is 2.89. The lowest BCUT2D eigenvalue weighted by molar-refractivity contribution is 0.213. The van der Waals surface area contributed by atoms with Crippen LogP contribution in [0.1, 0.15) is 43.7 Å². The van der Waals surface area contributed by atoms with E-state index in [1.165, 1.54) is 6.26 Å². The average Bonchev–Trinajstić information content (AvgIpc) is 3.33. The number of carbonyl (C=O) groups is 1. The van der Waals surface area contributed by atoms with Crippen LogP contribution in [0.25, 0.3) is 0 Å². The molecular formula is C15H22N4O3S. The van der Waals surface area contributed by atoms with Crippen LogP contribution in [0.15, 0.2) is 12.1 Å². The van der Waals surface area contributed by atoms with Crippen molar-refractivity contribution >= 4 is 21.7 Å². The van der Waals surface area contributed by atoms with Crippen LogP contribution < -0.4 is 5.32 Å². The second kappa shape index (κ2) is 6.43. The number of carbonyl (C=O) groups excluding carboxylic acids is 1. The lowest BCUT2D eigenvalue weighted by Crippen LogP contribution is -2.36. The van der Waals surface area contributed by atoms with Gasteiger partial charge in [-0.15, -0.1) is 5.10 Å². The molecule has 2 fully saturated rings. The molecule has 1 atom stereocenters. The summed E-state index contributed by atoms with van der Waals surface area (Å²) < 4.78 is 23.3. The number of amides is 2. The summed E-state index contributed by atoms with van der Waals surface area (Å²) in [6, 6.07) is 3.44. The topological polar surface area (TPSA) is 92.3 Å². The maximum absolute atomic E-state index is 12.3. The molecule has 1 saturated carbocycles. The molecule has 126 valence electrons. The van der Waals surface area contributed by atoms with Crippen LogP contribution in [0, 0.1) is 0 Å². The van der Waals surface area contributed by atoms with Crippen LogP contribution in [0.4, 0.5) is 10.6 Å². The molecule has 1 aromatic heterocycles. The van der Waals surface area contributed by atoms with Crippen molar-refractivity contribution in [2.45, 2.75) is 43.3 Å². The average molecular weight is 338 g/mol. The molecule has 1 unspecified atom stereocenters. The van der Waals surface area contributed by atoms with Gasteiger partial charge in [0.25, 0.3) is 0 Å². The first-order valence-corrected chi connectivity index (χ1v) is 9.97. The molecule has 2 heterocycles. The molecule has 0 radical (unpaired) electrons. The van der Waals surface area contributed by atoms with Gasteiger partial charge in [0, 0.05) is 25.3 Å². The van der Waals surface area contributed by atoms with Gasteiger partial charge in [-0.25, -0.2) is 13.2 Å². The zero-order valence-electron chi connectivity index (χ0n) is 13.2. The van der Waals surface area contributed by atoms with Crippen LogP contribution in [-0.2, 0) is 9.84 Å². The molecule has 1 saturated heterocycles. The number of aromatic nitrogens is 2. The summed E-state index contributed by atoms with van der Waals surface area (Å²) in [6.07, 6.45) is 5.38. The van der Waals surface area contributed by atoms with Gasteiger partial charge in [0.05, 0.1) is 10.9 Å². The quantitative estimate of drug-likeness (QED) is 0.907. The molecule has 1 aliphatic heterocycles.